The Morgan fingerprint density at radius 3 is 2.36 bits per heavy atom. The molecule has 0 saturated heterocycles. The Morgan fingerprint density at radius 1 is 1.43 bits per heavy atom. The number of halogens is 3. The van der Waals surface area contributed by atoms with Crippen LogP contribution < -0.4 is 5.73 Å². The Bertz CT molecular complexity index is 184. The molecule has 0 radical (unpaired) electrons. The number of rotatable bonds is 6. The SMILES string of the molecule is NCCC(CCOC(F)(F)F)C(=O)O. The smallest absolute Gasteiger partial charge is 0.481 e. The van der Waals surface area contributed by atoms with Crippen LogP contribution in [0, 0.1) is 5.92 Å². The lowest BCUT2D eigenvalue weighted by Crippen LogP contribution is -2.22. The number of carboxylic acid groups (broad SMARTS) is 1. The van der Waals surface area contributed by atoms with Crippen molar-refractivity contribution in [2.24, 2.45) is 11.7 Å². The van der Waals surface area contributed by atoms with Crippen molar-refractivity contribution in [3.63, 3.8) is 0 Å². The van der Waals surface area contributed by atoms with E-state index < -0.39 is 24.9 Å². The molecule has 0 heterocycles. The maximum Gasteiger partial charge on any atom is 0.522 e. The molecule has 0 aromatic rings. The zero-order valence-electron chi connectivity index (χ0n) is 7.38. The molecular formula is C7H12F3NO3. The van der Waals surface area contributed by atoms with Crippen LogP contribution in [0.5, 0.6) is 0 Å². The van der Waals surface area contributed by atoms with Gasteiger partial charge in [-0.1, -0.05) is 0 Å². The summed E-state index contributed by atoms with van der Waals surface area (Å²) >= 11 is 0. The maximum absolute atomic E-state index is 11.5. The second kappa shape index (κ2) is 5.82. The number of carbonyl (C=O) groups is 1. The Morgan fingerprint density at radius 2 is 2.00 bits per heavy atom. The molecule has 7 heteroatoms. The van der Waals surface area contributed by atoms with E-state index in [1.54, 1.807) is 0 Å². The van der Waals surface area contributed by atoms with Crippen molar-refractivity contribution in [1.82, 2.24) is 0 Å². The molecule has 14 heavy (non-hydrogen) atoms. The van der Waals surface area contributed by atoms with Crippen LogP contribution >= 0.6 is 0 Å². The van der Waals surface area contributed by atoms with Crippen LogP contribution in [-0.4, -0.2) is 30.6 Å². The molecule has 0 spiro atoms. The topological polar surface area (TPSA) is 72.5 Å². The predicted octanol–water partition coefficient (Wildman–Crippen LogP) is 0.963. The number of alkyl halides is 3. The fourth-order valence-corrected chi connectivity index (χ4v) is 0.909. The van der Waals surface area contributed by atoms with Gasteiger partial charge in [-0.3, -0.25) is 9.53 Å². The zero-order chi connectivity index (χ0) is 11.2. The van der Waals surface area contributed by atoms with Gasteiger partial charge in [0.25, 0.3) is 0 Å². The first kappa shape index (κ1) is 13.2. The van der Waals surface area contributed by atoms with Crippen molar-refractivity contribution < 1.29 is 27.8 Å². The number of carboxylic acids is 1. The largest absolute Gasteiger partial charge is 0.522 e. The van der Waals surface area contributed by atoms with E-state index in [0.717, 1.165) is 0 Å². The van der Waals surface area contributed by atoms with E-state index in [9.17, 15) is 18.0 Å². The number of nitrogens with two attached hydrogens (primary N) is 1. The summed E-state index contributed by atoms with van der Waals surface area (Å²) in [7, 11) is 0. The normalized spacial score (nSPS) is 14.0. The Kier molecular flexibility index (Phi) is 5.47. The van der Waals surface area contributed by atoms with E-state index in [1.165, 1.54) is 0 Å². The minimum atomic E-state index is -4.70. The summed E-state index contributed by atoms with van der Waals surface area (Å²) in [6.07, 6.45) is -4.74. The van der Waals surface area contributed by atoms with Crippen molar-refractivity contribution in [2.75, 3.05) is 13.2 Å². The lowest BCUT2D eigenvalue weighted by molar-refractivity contribution is -0.325. The minimum Gasteiger partial charge on any atom is -0.481 e. The van der Waals surface area contributed by atoms with E-state index >= 15 is 0 Å². The third-order valence-electron chi connectivity index (χ3n) is 1.60. The Balaban J connectivity index is 3.77. The molecule has 0 amide bonds. The molecule has 0 aliphatic rings. The molecule has 0 fully saturated rings. The van der Waals surface area contributed by atoms with Crippen LogP contribution in [0.25, 0.3) is 0 Å². The highest BCUT2D eigenvalue weighted by Crippen LogP contribution is 2.18. The molecule has 0 aromatic carbocycles. The molecule has 0 aliphatic heterocycles. The Hall–Kier alpha value is -0.820. The standard InChI is InChI=1S/C7H12F3NO3/c8-7(9,10)14-4-2-5(1-3-11)6(12)13/h5H,1-4,11H2,(H,12,13). The fourth-order valence-electron chi connectivity index (χ4n) is 0.909. The summed E-state index contributed by atoms with van der Waals surface area (Å²) in [5, 5.41) is 8.54. The summed E-state index contributed by atoms with van der Waals surface area (Å²) in [4.78, 5) is 10.5. The number of hydrogen-bond donors (Lipinski definition) is 2. The lowest BCUT2D eigenvalue weighted by atomic mass is 10.0. The average molecular weight is 215 g/mol. The molecule has 0 rings (SSSR count). The minimum absolute atomic E-state index is 0.128. The molecular weight excluding hydrogens is 203 g/mol. The number of hydrogen-bond acceptors (Lipinski definition) is 3. The van der Waals surface area contributed by atoms with E-state index in [2.05, 4.69) is 4.74 Å². The second-order valence-electron chi connectivity index (χ2n) is 2.70. The average Bonchev–Trinajstić information content (AvgIpc) is 2.00. The van der Waals surface area contributed by atoms with E-state index in [1.807, 2.05) is 0 Å². The predicted molar refractivity (Wildman–Crippen MR) is 41.4 cm³/mol. The highest BCUT2D eigenvalue weighted by molar-refractivity contribution is 5.69. The van der Waals surface area contributed by atoms with Gasteiger partial charge in [0.15, 0.2) is 0 Å². The third-order valence-corrected chi connectivity index (χ3v) is 1.60. The van der Waals surface area contributed by atoms with Gasteiger partial charge in [-0.15, -0.1) is 13.2 Å². The van der Waals surface area contributed by atoms with Gasteiger partial charge in [0.05, 0.1) is 12.5 Å². The molecule has 4 nitrogen and oxygen atoms in total. The van der Waals surface area contributed by atoms with Crippen molar-refractivity contribution in [2.45, 2.75) is 19.2 Å². The fraction of sp³-hybridized carbons (Fsp3) is 0.857. The van der Waals surface area contributed by atoms with Crippen molar-refractivity contribution in [1.29, 1.82) is 0 Å². The summed E-state index contributed by atoms with van der Waals surface area (Å²) < 4.78 is 37.9. The highest BCUT2D eigenvalue weighted by atomic mass is 19.4. The Labute approximate surface area is 78.8 Å². The molecule has 84 valence electrons. The lowest BCUT2D eigenvalue weighted by Gasteiger charge is -2.12. The van der Waals surface area contributed by atoms with Gasteiger partial charge in [-0.25, -0.2) is 0 Å². The molecule has 0 saturated carbocycles. The van der Waals surface area contributed by atoms with Crippen molar-refractivity contribution >= 4 is 5.97 Å². The third kappa shape index (κ3) is 6.67. The zero-order valence-corrected chi connectivity index (χ0v) is 7.38. The monoisotopic (exact) mass is 215 g/mol. The van der Waals surface area contributed by atoms with Crippen LogP contribution in [0.2, 0.25) is 0 Å². The van der Waals surface area contributed by atoms with Gasteiger partial charge >= 0.3 is 12.3 Å². The van der Waals surface area contributed by atoms with E-state index in [-0.39, 0.29) is 19.4 Å². The summed E-state index contributed by atoms with van der Waals surface area (Å²) in [6.45, 7) is -0.524. The first-order valence-electron chi connectivity index (χ1n) is 4.00. The van der Waals surface area contributed by atoms with Gasteiger partial charge in [-0.2, -0.15) is 0 Å². The summed E-state index contributed by atoms with van der Waals surface area (Å²) in [6, 6.07) is 0. The van der Waals surface area contributed by atoms with Crippen molar-refractivity contribution in [3.8, 4) is 0 Å². The quantitative estimate of drug-likeness (QED) is 0.692. The van der Waals surface area contributed by atoms with Gasteiger partial charge in [0.1, 0.15) is 0 Å². The van der Waals surface area contributed by atoms with Gasteiger partial charge in [0, 0.05) is 0 Å². The first-order chi connectivity index (χ1) is 6.37. The summed E-state index contributed by atoms with van der Waals surface area (Å²) in [5.41, 5.74) is 5.10. The van der Waals surface area contributed by atoms with Crippen LogP contribution in [0.15, 0.2) is 0 Å². The van der Waals surface area contributed by atoms with Gasteiger partial charge < -0.3 is 10.8 Å². The summed E-state index contributed by atoms with van der Waals surface area (Å²) in [5.74, 6) is -2.02. The van der Waals surface area contributed by atoms with Crippen LogP contribution in [0.1, 0.15) is 12.8 Å². The van der Waals surface area contributed by atoms with E-state index in [0.29, 0.717) is 0 Å². The van der Waals surface area contributed by atoms with Crippen LogP contribution in [0.4, 0.5) is 13.2 Å². The van der Waals surface area contributed by atoms with E-state index in [4.69, 9.17) is 10.8 Å². The highest BCUT2D eigenvalue weighted by Gasteiger charge is 2.29. The molecule has 0 aromatic heterocycles. The van der Waals surface area contributed by atoms with Crippen molar-refractivity contribution in [3.05, 3.63) is 0 Å². The van der Waals surface area contributed by atoms with Crippen LogP contribution in [0.3, 0.4) is 0 Å². The van der Waals surface area contributed by atoms with Gasteiger partial charge in [-0.05, 0) is 19.4 Å². The molecule has 0 aliphatic carbocycles. The van der Waals surface area contributed by atoms with Gasteiger partial charge in [0.2, 0.25) is 0 Å². The molecule has 1 atom stereocenters. The number of ether oxygens (including phenoxy) is 1. The molecule has 3 N–H and O–H groups in total. The second-order valence-corrected chi connectivity index (χ2v) is 2.70. The molecule has 1 unspecified atom stereocenters. The first-order valence-corrected chi connectivity index (χ1v) is 4.00. The number of aliphatic carboxylic acids is 1. The molecule has 0 bridgehead atoms. The van der Waals surface area contributed by atoms with Crippen LogP contribution in [-0.2, 0) is 9.53 Å². The maximum atomic E-state index is 11.5.